The SMILES string of the molecule is Cc1ccc(N=Nc2ccc(NCCC(=O)NCCOCCOCCNC(=O)OC(C)(C)C)cc2)cc1. The maximum absolute atomic E-state index is 12.0. The Kier molecular flexibility index (Phi) is 13.1. The molecule has 0 aliphatic heterocycles. The van der Waals surface area contributed by atoms with Gasteiger partial charge < -0.3 is 30.2 Å². The number of benzene rings is 2. The van der Waals surface area contributed by atoms with Crippen LogP contribution in [0.2, 0.25) is 0 Å². The molecule has 37 heavy (non-hydrogen) atoms. The second kappa shape index (κ2) is 16.3. The van der Waals surface area contributed by atoms with Crippen LogP contribution in [-0.2, 0) is 19.0 Å². The maximum atomic E-state index is 12.0. The minimum atomic E-state index is -0.520. The molecule has 2 aromatic carbocycles. The van der Waals surface area contributed by atoms with Gasteiger partial charge >= 0.3 is 6.09 Å². The average molecular weight is 514 g/mol. The monoisotopic (exact) mass is 513 g/mol. The number of carbonyl (C=O) groups is 2. The van der Waals surface area contributed by atoms with Crippen molar-refractivity contribution in [1.82, 2.24) is 10.6 Å². The molecule has 0 atom stereocenters. The summed E-state index contributed by atoms with van der Waals surface area (Å²) < 4.78 is 15.9. The lowest BCUT2D eigenvalue weighted by Gasteiger charge is -2.19. The number of rotatable bonds is 15. The Morgan fingerprint density at radius 1 is 0.757 bits per heavy atom. The van der Waals surface area contributed by atoms with Gasteiger partial charge in [-0.05, 0) is 64.1 Å². The van der Waals surface area contributed by atoms with E-state index in [9.17, 15) is 9.59 Å². The fourth-order valence-electron chi connectivity index (χ4n) is 2.91. The van der Waals surface area contributed by atoms with Crippen molar-refractivity contribution in [2.45, 2.75) is 39.7 Å². The summed E-state index contributed by atoms with van der Waals surface area (Å²) in [5.74, 6) is -0.0518. The molecule has 0 aliphatic carbocycles. The lowest BCUT2D eigenvalue weighted by atomic mass is 10.2. The quantitative estimate of drug-likeness (QED) is 0.230. The van der Waals surface area contributed by atoms with Crippen LogP contribution in [0.25, 0.3) is 0 Å². The van der Waals surface area contributed by atoms with Crippen molar-refractivity contribution in [1.29, 1.82) is 0 Å². The maximum Gasteiger partial charge on any atom is 0.407 e. The van der Waals surface area contributed by atoms with E-state index in [1.165, 1.54) is 5.56 Å². The van der Waals surface area contributed by atoms with Crippen LogP contribution in [0.4, 0.5) is 21.9 Å². The molecule has 2 aromatic rings. The lowest BCUT2D eigenvalue weighted by molar-refractivity contribution is -0.121. The highest BCUT2D eigenvalue weighted by atomic mass is 16.6. The molecule has 10 nitrogen and oxygen atoms in total. The Morgan fingerprint density at radius 2 is 1.30 bits per heavy atom. The number of aryl methyl sites for hydroxylation is 1. The van der Waals surface area contributed by atoms with Gasteiger partial charge in [0.25, 0.3) is 0 Å². The summed E-state index contributed by atoms with van der Waals surface area (Å²) in [6.45, 7) is 10.3. The Labute approximate surface area is 219 Å². The molecular weight excluding hydrogens is 474 g/mol. The zero-order chi connectivity index (χ0) is 26.9. The third kappa shape index (κ3) is 14.6. The van der Waals surface area contributed by atoms with Gasteiger partial charge in [0.1, 0.15) is 5.60 Å². The molecule has 2 rings (SSSR count). The number of alkyl carbamates (subject to hydrolysis) is 1. The van der Waals surface area contributed by atoms with Crippen LogP contribution in [0, 0.1) is 6.92 Å². The van der Waals surface area contributed by atoms with E-state index < -0.39 is 11.7 Å². The molecule has 202 valence electrons. The molecule has 0 fully saturated rings. The van der Waals surface area contributed by atoms with Gasteiger partial charge in [0.15, 0.2) is 0 Å². The van der Waals surface area contributed by atoms with E-state index in [4.69, 9.17) is 14.2 Å². The van der Waals surface area contributed by atoms with Gasteiger partial charge in [-0.1, -0.05) is 17.7 Å². The Balaban J connectivity index is 1.45. The third-order valence-electron chi connectivity index (χ3n) is 4.72. The number of hydrogen-bond acceptors (Lipinski definition) is 8. The Morgan fingerprint density at radius 3 is 1.86 bits per heavy atom. The summed E-state index contributed by atoms with van der Waals surface area (Å²) >= 11 is 0. The highest BCUT2D eigenvalue weighted by Gasteiger charge is 2.15. The zero-order valence-electron chi connectivity index (χ0n) is 22.2. The van der Waals surface area contributed by atoms with Gasteiger partial charge in [0.2, 0.25) is 5.91 Å². The number of nitrogens with zero attached hydrogens (tertiary/aromatic N) is 2. The van der Waals surface area contributed by atoms with E-state index >= 15 is 0 Å². The normalized spacial score (nSPS) is 11.4. The van der Waals surface area contributed by atoms with E-state index in [-0.39, 0.29) is 5.91 Å². The first-order chi connectivity index (χ1) is 17.7. The number of hydrogen-bond donors (Lipinski definition) is 3. The van der Waals surface area contributed by atoms with Crippen LogP contribution in [0.15, 0.2) is 58.8 Å². The lowest BCUT2D eigenvalue weighted by Crippen LogP contribution is -2.34. The fraction of sp³-hybridized carbons (Fsp3) is 0.481. The van der Waals surface area contributed by atoms with Crippen LogP contribution in [0.3, 0.4) is 0 Å². The Bertz CT molecular complexity index is 972. The van der Waals surface area contributed by atoms with Gasteiger partial charge in [-0.15, -0.1) is 0 Å². The number of ether oxygens (including phenoxy) is 3. The Hall–Kier alpha value is -3.50. The molecule has 2 amide bonds. The molecule has 0 heterocycles. The largest absolute Gasteiger partial charge is 0.444 e. The van der Waals surface area contributed by atoms with Crippen molar-refractivity contribution in [2.75, 3.05) is 51.4 Å². The summed E-state index contributed by atoms with van der Waals surface area (Å²) in [4.78, 5) is 23.5. The fourth-order valence-corrected chi connectivity index (χ4v) is 2.91. The molecule has 0 spiro atoms. The molecule has 0 unspecified atom stereocenters. The van der Waals surface area contributed by atoms with Crippen molar-refractivity contribution in [3.05, 3.63) is 54.1 Å². The molecule has 10 heteroatoms. The standard InChI is InChI=1S/C27H39N5O5/c1-21-5-7-23(8-6-21)31-32-24-11-9-22(10-12-24)28-14-13-25(33)29-15-17-35-19-20-36-18-16-30-26(34)37-27(2,3)4/h5-12,28H,13-20H2,1-4H3,(H,29,33)(H,30,34). The van der Waals surface area contributed by atoms with E-state index in [0.29, 0.717) is 52.5 Å². The molecule has 0 saturated heterocycles. The van der Waals surface area contributed by atoms with Gasteiger partial charge in [-0.25, -0.2) is 4.79 Å². The van der Waals surface area contributed by atoms with E-state index in [1.807, 2.05) is 76.2 Å². The first-order valence-electron chi connectivity index (χ1n) is 12.4. The number of amides is 2. The number of nitrogens with one attached hydrogen (secondary N) is 3. The van der Waals surface area contributed by atoms with Crippen molar-refractivity contribution < 1.29 is 23.8 Å². The smallest absolute Gasteiger partial charge is 0.407 e. The van der Waals surface area contributed by atoms with Gasteiger partial charge in [-0.2, -0.15) is 10.2 Å². The third-order valence-corrected chi connectivity index (χ3v) is 4.72. The topological polar surface area (TPSA) is 123 Å². The molecule has 0 saturated carbocycles. The van der Waals surface area contributed by atoms with Crippen LogP contribution in [0.5, 0.6) is 0 Å². The zero-order valence-corrected chi connectivity index (χ0v) is 22.2. The van der Waals surface area contributed by atoms with E-state index in [0.717, 1.165) is 17.1 Å². The highest BCUT2D eigenvalue weighted by molar-refractivity contribution is 5.76. The minimum Gasteiger partial charge on any atom is -0.444 e. The van der Waals surface area contributed by atoms with Crippen LogP contribution < -0.4 is 16.0 Å². The number of azo groups is 1. The molecule has 0 aromatic heterocycles. The van der Waals surface area contributed by atoms with Crippen molar-refractivity contribution in [3.8, 4) is 0 Å². The highest BCUT2D eigenvalue weighted by Crippen LogP contribution is 2.20. The molecule has 0 radical (unpaired) electrons. The first kappa shape index (κ1) is 29.7. The van der Waals surface area contributed by atoms with Gasteiger partial charge in [0, 0.05) is 31.7 Å². The van der Waals surface area contributed by atoms with Crippen molar-refractivity contribution in [2.24, 2.45) is 10.2 Å². The second-order valence-electron chi connectivity index (χ2n) is 9.26. The van der Waals surface area contributed by atoms with Gasteiger partial charge in [0.05, 0.1) is 37.8 Å². The summed E-state index contributed by atoms with van der Waals surface area (Å²) in [7, 11) is 0. The van der Waals surface area contributed by atoms with E-state index in [2.05, 4.69) is 26.2 Å². The van der Waals surface area contributed by atoms with Crippen molar-refractivity contribution in [3.63, 3.8) is 0 Å². The minimum absolute atomic E-state index is 0.0518. The summed E-state index contributed by atoms with van der Waals surface area (Å²) in [6.07, 6.45) is -0.115. The average Bonchev–Trinajstić information content (AvgIpc) is 2.84. The summed E-state index contributed by atoms with van der Waals surface area (Å²) in [5.41, 5.74) is 3.13. The molecule has 0 bridgehead atoms. The molecule has 0 aliphatic rings. The van der Waals surface area contributed by atoms with Crippen LogP contribution >= 0.6 is 0 Å². The summed E-state index contributed by atoms with van der Waals surface area (Å²) in [6, 6.07) is 15.4. The summed E-state index contributed by atoms with van der Waals surface area (Å²) in [5, 5.41) is 17.1. The van der Waals surface area contributed by atoms with E-state index in [1.54, 1.807) is 0 Å². The van der Waals surface area contributed by atoms with Crippen molar-refractivity contribution >= 4 is 29.1 Å². The predicted molar refractivity (Wildman–Crippen MR) is 144 cm³/mol. The predicted octanol–water partition coefficient (Wildman–Crippen LogP) is 4.89. The van der Waals surface area contributed by atoms with Gasteiger partial charge in [-0.3, -0.25) is 4.79 Å². The molecule has 3 N–H and O–H groups in total. The van der Waals surface area contributed by atoms with Crippen LogP contribution in [0.1, 0.15) is 32.8 Å². The van der Waals surface area contributed by atoms with Crippen LogP contribution in [-0.4, -0.2) is 63.7 Å². The number of anilines is 1. The first-order valence-corrected chi connectivity index (χ1v) is 12.4. The number of carbonyl (C=O) groups excluding carboxylic acids is 2. The second-order valence-corrected chi connectivity index (χ2v) is 9.26. The molecular formula is C27H39N5O5.